The highest BCUT2D eigenvalue weighted by Crippen LogP contribution is 2.24. The number of benzene rings is 1. The van der Waals surface area contributed by atoms with Gasteiger partial charge in [0.05, 0.1) is 11.0 Å². The highest BCUT2D eigenvalue weighted by molar-refractivity contribution is 7.96. The third-order valence-electron chi connectivity index (χ3n) is 4.28. The Morgan fingerprint density at radius 1 is 1.12 bits per heavy atom. The topological polar surface area (TPSA) is 48.0 Å². The Hall–Kier alpha value is -2.05. The molecule has 6 heteroatoms. The van der Waals surface area contributed by atoms with Gasteiger partial charge in [-0.1, -0.05) is 31.0 Å². The summed E-state index contributed by atoms with van der Waals surface area (Å²) in [4.78, 5) is 15.0. The molecule has 0 bridgehead atoms. The molecule has 0 saturated carbocycles. The van der Waals surface area contributed by atoms with Crippen LogP contribution in [0, 0.1) is 0 Å². The van der Waals surface area contributed by atoms with Crippen molar-refractivity contribution in [3.63, 3.8) is 0 Å². The number of aromatic nitrogens is 3. The Morgan fingerprint density at radius 2 is 1.96 bits per heavy atom. The lowest BCUT2D eigenvalue weighted by Crippen LogP contribution is -2.43. The molecular weight excluding hydrogens is 318 g/mol. The Labute approximate surface area is 146 Å². The number of anilines is 1. The van der Waals surface area contributed by atoms with Crippen LogP contribution in [0.15, 0.2) is 42.6 Å². The second kappa shape index (κ2) is 6.83. The van der Waals surface area contributed by atoms with Gasteiger partial charge in [0.2, 0.25) is 0 Å². The summed E-state index contributed by atoms with van der Waals surface area (Å²) in [7, 11) is 0. The van der Waals surface area contributed by atoms with Gasteiger partial charge in [-0.2, -0.15) is 0 Å². The monoisotopic (exact) mass is 339 g/mol. The summed E-state index contributed by atoms with van der Waals surface area (Å²) in [5.74, 6) is 3.08. The molecule has 1 saturated heterocycles. The molecule has 0 radical (unpaired) electrons. The van der Waals surface area contributed by atoms with E-state index in [4.69, 9.17) is 4.98 Å². The SMILES string of the molecule is CCSN1CCN(c2cc(-c3nc4ccccc4[nH]3)ccn2)CC1. The average molecular weight is 339 g/mol. The lowest BCUT2D eigenvalue weighted by Gasteiger charge is -2.34. The van der Waals surface area contributed by atoms with Crippen LogP contribution in [0.1, 0.15) is 6.92 Å². The van der Waals surface area contributed by atoms with E-state index >= 15 is 0 Å². The minimum Gasteiger partial charge on any atom is -0.354 e. The fourth-order valence-corrected chi connectivity index (χ4v) is 3.84. The molecule has 0 amide bonds. The van der Waals surface area contributed by atoms with Crippen LogP contribution in [0.25, 0.3) is 22.4 Å². The third kappa shape index (κ3) is 3.12. The molecule has 2 aromatic heterocycles. The Kier molecular flexibility index (Phi) is 4.40. The van der Waals surface area contributed by atoms with Crippen LogP contribution in [0.2, 0.25) is 0 Å². The second-order valence-corrected chi connectivity index (χ2v) is 7.19. The predicted octanol–water partition coefficient (Wildman–Crippen LogP) is 3.42. The van der Waals surface area contributed by atoms with E-state index in [2.05, 4.69) is 38.2 Å². The summed E-state index contributed by atoms with van der Waals surface area (Å²) >= 11 is 1.92. The van der Waals surface area contributed by atoms with Gasteiger partial charge in [-0.25, -0.2) is 14.3 Å². The van der Waals surface area contributed by atoms with Gasteiger partial charge in [0.25, 0.3) is 0 Å². The number of pyridine rings is 1. The standard InChI is InChI=1S/C18H21N5S/c1-2-24-23-11-9-22(10-12-23)17-13-14(7-8-19-17)18-20-15-5-3-4-6-16(15)21-18/h3-8,13H,2,9-12H2,1H3,(H,20,21). The van der Waals surface area contributed by atoms with Crippen LogP contribution < -0.4 is 4.90 Å². The zero-order valence-corrected chi connectivity index (χ0v) is 14.6. The zero-order chi connectivity index (χ0) is 16.4. The lowest BCUT2D eigenvalue weighted by atomic mass is 10.2. The number of aromatic amines is 1. The van der Waals surface area contributed by atoms with Crippen molar-refractivity contribution in [2.75, 3.05) is 36.8 Å². The molecule has 1 aliphatic heterocycles. The molecule has 1 fully saturated rings. The number of hydrogen-bond acceptors (Lipinski definition) is 5. The van der Waals surface area contributed by atoms with Crippen molar-refractivity contribution in [2.45, 2.75) is 6.92 Å². The molecule has 1 aliphatic rings. The van der Waals surface area contributed by atoms with E-state index in [1.54, 1.807) is 0 Å². The van der Waals surface area contributed by atoms with Crippen molar-refractivity contribution in [3.8, 4) is 11.4 Å². The number of fused-ring (bicyclic) bond motifs is 1. The Bertz CT molecular complexity index is 790. The molecule has 124 valence electrons. The number of nitrogens with zero attached hydrogens (tertiary/aromatic N) is 4. The Morgan fingerprint density at radius 3 is 2.75 bits per heavy atom. The number of piperazine rings is 1. The highest BCUT2D eigenvalue weighted by Gasteiger charge is 2.18. The van der Waals surface area contributed by atoms with Gasteiger partial charge in [-0.05, 0) is 24.3 Å². The van der Waals surface area contributed by atoms with Crippen LogP contribution in [-0.2, 0) is 0 Å². The van der Waals surface area contributed by atoms with E-state index in [9.17, 15) is 0 Å². The Balaban J connectivity index is 1.55. The molecule has 5 nitrogen and oxygen atoms in total. The second-order valence-electron chi connectivity index (χ2n) is 5.84. The first-order valence-corrected chi connectivity index (χ1v) is 9.32. The van der Waals surface area contributed by atoms with Crippen molar-refractivity contribution in [1.29, 1.82) is 0 Å². The number of para-hydroxylation sites is 2. The molecule has 24 heavy (non-hydrogen) atoms. The summed E-state index contributed by atoms with van der Waals surface area (Å²) in [6, 6.07) is 12.3. The van der Waals surface area contributed by atoms with E-state index in [0.29, 0.717) is 0 Å². The summed E-state index contributed by atoms with van der Waals surface area (Å²) in [5, 5.41) is 0. The normalized spacial score (nSPS) is 16.0. The maximum Gasteiger partial charge on any atom is 0.138 e. The van der Waals surface area contributed by atoms with Gasteiger partial charge in [-0.3, -0.25) is 0 Å². The van der Waals surface area contributed by atoms with Crippen molar-refractivity contribution in [2.24, 2.45) is 0 Å². The van der Waals surface area contributed by atoms with Crippen molar-refractivity contribution >= 4 is 28.8 Å². The van der Waals surface area contributed by atoms with E-state index in [0.717, 1.165) is 60.2 Å². The highest BCUT2D eigenvalue weighted by atomic mass is 32.2. The molecule has 1 N–H and O–H groups in total. The fourth-order valence-electron chi connectivity index (χ4n) is 3.06. The van der Waals surface area contributed by atoms with E-state index in [1.165, 1.54) is 0 Å². The molecule has 1 aromatic carbocycles. The van der Waals surface area contributed by atoms with Gasteiger partial charge in [0.1, 0.15) is 11.6 Å². The maximum absolute atomic E-state index is 4.69. The summed E-state index contributed by atoms with van der Waals surface area (Å²) in [6.07, 6.45) is 1.88. The zero-order valence-electron chi connectivity index (χ0n) is 13.8. The minimum absolute atomic E-state index is 0.903. The number of nitrogens with one attached hydrogen (secondary N) is 1. The maximum atomic E-state index is 4.69. The predicted molar refractivity (Wildman–Crippen MR) is 101 cm³/mol. The molecule has 3 aromatic rings. The minimum atomic E-state index is 0.903. The summed E-state index contributed by atoms with van der Waals surface area (Å²) < 4.78 is 2.44. The van der Waals surface area contributed by atoms with Crippen LogP contribution in [-0.4, -0.2) is 51.2 Å². The molecule has 0 spiro atoms. The quantitative estimate of drug-likeness (QED) is 0.738. The summed E-state index contributed by atoms with van der Waals surface area (Å²) in [6.45, 7) is 6.40. The molecule has 3 heterocycles. The van der Waals surface area contributed by atoms with Crippen molar-refractivity contribution in [1.82, 2.24) is 19.3 Å². The molecule has 0 atom stereocenters. The lowest BCUT2D eigenvalue weighted by molar-refractivity contribution is 0.428. The fraction of sp³-hybridized carbons (Fsp3) is 0.333. The first-order valence-electron chi connectivity index (χ1n) is 8.37. The van der Waals surface area contributed by atoms with Crippen LogP contribution in [0.3, 0.4) is 0 Å². The first kappa shape index (κ1) is 15.5. The van der Waals surface area contributed by atoms with Gasteiger partial charge >= 0.3 is 0 Å². The summed E-state index contributed by atoms with van der Waals surface area (Å²) in [5.41, 5.74) is 3.15. The van der Waals surface area contributed by atoms with Crippen LogP contribution in [0.5, 0.6) is 0 Å². The molecule has 0 unspecified atom stereocenters. The van der Waals surface area contributed by atoms with Gasteiger partial charge < -0.3 is 9.88 Å². The van der Waals surface area contributed by atoms with Gasteiger partial charge in [0.15, 0.2) is 0 Å². The third-order valence-corrected chi connectivity index (χ3v) is 5.27. The molecule has 0 aliphatic carbocycles. The van der Waals surface area contributed by atoms with Crippen molar-refractivity contribution in [3.05, 3.63) is 42.6 Å². The number of hydrogen-bond donors (Lipinski definition) is 1. The van der Waals surface area contributed by atoms with Crippen LogP contribution in [0.4, 0.5) is 5.82 Å². The van der Waals surface area contributed by atoms with Gasteiger partial charge in [-0.15, -0.1) is 0 Å². The van der Waals surface area contributed by atoms with Gasteiger partial charge in [0, 0.05) is 43.7 Å². The first-order chi connectivity index (χ1) is 11.8. The van der Waals surface area contributed by atoms with E-state index in [-0.39, 0.29) is 0 Å². The number of imidazole rings is 1. The number of H-pyrrole nitrogens is 1. The smallest absolute Gasteiger partial charge is 0.138 e. The molecular formula is C18H21N5S. The van der Waals surface area contributed by atoms with Crippen LogP contribution >= 0.6 is 11.9 Å². The molecule has 4 rings (SSSR count). The van der Waals surface area contributed by atoms with E-state index in [1.807, 2.05) is 42.4 Å². The van der Waals surface area contributed by atoms with Crippen molar-refractivity contribution < 1.29 is 0 Å². The number of rotatable bonds is 4. The van der Waals surface area contributed by atoms with E-state index < -0.39 is 0 Å². The average Bonchev–Trinajstić information content (AvgIpc) is 3.07. The largest absolute Gasteiger partial charge is 0.354 e.